The number of fused-ring (bicyclic) bond motifs is 1. The molecule has 1 heterocycles. The largest absolute Gasteiger partial charge is 0.493 e. The number of unbranched alkanes of at least 4 members (excludes halogenated alkanes) is 1. The van der Waals surface area contributed by atoms with Gasteiger partial charge in [0.1, 0.15) is 12.1 Å². The lowest BCUT2D eigenvalue weighted by molar-refractivity contribution is -0.142. The molecule has 34 heavy (non-hydrogen) atoms. The van der Waals surface area contributed by atoms with Crippen molar-refractivity contribution in [1.82, 2.24) is 9.62 Å². The van der Waals surface area contributed by atoms with Crippen LogP contribution in [-0.2, 0) is 19.6 Å². The van der Waals surface area contributed by atoms with Crippen molar-refractivity contribution < 1.29 is 32.6 Å². The summed E-state index contributed by atoms with van der Waals surface area (Å²) in [6.45, 7) is 2.04. The van der Waals surface area contributed by atoms with Gasteiger partial charge in [0, 0.05) is 12.6 Å². The molecule has 3 rings (SSSR count). The summed E-state index contributed by atoms with van der Waals surface area (Å²) in [5, 5.41) is 12.2. The quantitative estimate of drug-likeness (QED) is 0.480. The molecule has 0 bridgehead atoms. The summed E-state index contributed by atoms with van der Waals surface area (Å²) >= 11 is 0. The molecule has 0 aromatic heterocycles. The Morgan fingerprint density at radius 3 is 2.62 bits per heavy atom. The van der Waals surface area contributed by atoms with E-state index in [1.165, 1.54) is 36.7 Å². The Morgan fingerprint density at radius 1 is 1.24 bits per heavy atom. The molecule has 3 atom stereocenters. The summed E-state index contributed by atoms with van der Waals surface area (Å²) in [6.07, 6.45) is 6.87. The van der Waals surface area contributed by atoms with Crippen molar-refractivity contribution in [2.75, 3.05) is 20.8 Å². The predicted octanol–water partition coefficient (Wildman–Crippen LogP) is 2.95. The lowest BCUT2D eigenvalue weighted by Gasteiger charge is -2.41. The van der Waals surface area contributed by atoms with Gasteiger partial charge in [-0.1, -0.05) is 31.4 Å². The third kappa shape index (κ3) is 5.55. The van der Waals surface area contributed by atoms with Crippen molar-refractivity contribution in [3.8, 4) is 11.5 Å². The number of carboxylic acid groups (broad SMARTS) is 1. The number of carbonyl (C=O) groups excluding carboxylic acids is 1. The van der Waals surface area contributed by atoms with Crippen LogP contribution in [0.4, 0.5) is 0 Å². The summed E-state index contributed by atoms with van der Waals surface area (Å²) in [5.41, 5.74) is 1.01. The van der Waals surface area contributed by atoms with Crippen molar-refractivity contribution in [2.24, 2.45) is 5.92 Å². The molecule has 1 fully saturated rings. The number of nitrogens with one attached hydrogen (secondary N) is 1. The molecule has 0 spiro atoms. The molecule has 0 radical (unpaired) electrons. The molecule has 0 saturated carbocycles. The Morgan fingerprint density at radius 2 is 1.97 bits per heavy atom. The molecular weight excluding hydrogens is 460 g/mol. The van der Waals surface area contributed by atoms with Crippen LogP contribution >= 0.6 is 0 Å². The fourth-order valence-corrected chi connectivity index (χ4v) is 6.28. The molecule has 1 saturated heterocycles. The summed E-state index contributed by atoms with van der Waals surface area (Å²) < 4.78 is 39.2. The fraction of sp³-hybridized carbons (Fsp3) is 0.583. The molecule has 1 aromatic carbocycles. The Bertz CT molecular complexity index is 1040. The van der Waals surface area contributed by atoms with Crippen LogP contribution in [0.2, 0.25) is 0 Å². The van der Waals surface area contributed by atoms with Gasteiger partial charge >= 0.3 is 5.97 Å². The van der Waals surface area contributed by atoms with Gasteiger partial charge < -0.3 is 19.9 Å². The Kier molecular flexibility index (Phi) is 8.59. The SMILES string of the molecule is CCCC[C@H](NC(=O)C1CC2CCCC=C2CN1S(=O)(=O)c1ccc(OC)c(OC)c1)C(=O)O. The van der Waals surface area contributed by atoms with Crippen LogP contribution in [0.3, 0.4) is 0 Å². The fourth-order valence-electron chi connectivity index (χ4n) is 4.68. The monoisotopic (exact) mass is 494 g/mol. The number of hydrogen-bond acceptors (Lipinski definition) is 6. The van der Waals surface area contributed by atoms with Crippen LogP contribution in [0.1, 0.15) is 51.9 Å². The van der Waals surface area contributed by atoms with E-state index in [1.54, 1.807) is 0 Å². The zero-order chi connectivity index (χ0) is 24.9. The summed E-state index contributed by atoms with van der Waals surface area (Å²) in [5.74, 6) is -0.922. The first-order valence-corrected chi connectivity index (χ1v) is 13.1. The summed E-state index contributed by atoms with van der Waals surface area (Å²) in [7, 11) is -1.20. The minimum atomic E-state index is -4.09. The number of benzene rings is 1. The van der Waals surface area contributed by atoms with Crippen LogP contribution in [0.15, 0.2) is 34.7 Å². The van der Waals surface area contributed by atoms with E-state index in [0.29, 0.717) is 25.0 Å². The first-order valence-electron chi connectivity index (χ1n) is 11.7. The van der Waals surface area contributed by atoms with Crippen molar-refractivity contribution in [2.45, 2.75) is 68.8 Å². The Balaban J connectivity index is 1.96. The number of methoxy groups -OCH3 is 2. The topological polar surface area (TPSA) is 122 Å². The van der Waals surface area contributed by atoms with Gasteiger partial charge in [-0.05, 0) is 50.2 Å². The average molecular weight is 495 g/mol. The van der Waals surface area contributed by atoms with E-state index in [4.69, 9.17) is 9.47 Å². The lowest BCUT2D eigenvalue weighted by atomic mass is 9.80. The molecule has 10 heteroatoms. The standard InChI is InChI=1S/C24H34N2O7S/c1-4-5-10-19(24(28)29)25-23(27)20-13-16-8-6-7-9-17(16)15-26(20)34(30,31)18-11-12-21(32-2)22(14-18)33-3/h9,11-12,14,16,19-20H,4-8,10,13,15H2,1-3H3,(H,25,27)(H,28,29)/t16?,19-,20?/m0/s1. The maximum absolute atomic E-state index is 13.7. The molecule has 9 nitrogen and oxygen atoms in total. The van der Waals surface area contributed by atoms with Gasteiger partial charge in [-0.3, -0.25) is 4.79 Å². The van der Waals surface area contributed by atoms with E-state index >= 15 is 0 Å². The molecule has 1 amide bonds. The molecule has 1 aliphatic carbocycles. The number of sulfonamides is 1. The minimum absolute atomic E-state index is 0.0152. The highest BCUT2D eigenvalue weighted by molar-refractivity contribution is 7.89. The minimum Gasteiger partial charge on any atom is -0.493 e. The number of piperidine rings is 1. The number of rotatable bonds is 10. The summed E-state index contributed by atoms with van der Waals surface area (Å²) in [4.78, 5) is 25.0. The van der Waals surface area contributed by atoms with Crippen LogP contribution in [-0.4, -0.2) is 62.6 Å². The smallest absolute Gasteiger partial charge is 0.326 e. The number of hydrogen-bond donors (Lipinski definition) is 2. The van der Waals surface area contributed by atoms with Crippen LogP contribution in [0.5, 0.6) is 11.5 Å². The third-order valence-corrected chi connectivity index (χ3v) is 8.46. The van der Waals surface area contributed by atoms with Crippen molar-refractivity contribution in [3.05, 3.63) is 29.8 Å². The zero-order valence-corrected chi connectivity index (χ0v) is 20.8. The van der Waals surface area contributed by atoms with E-state index in [2.05, 4.69) is 11.4 Å². The van der Waals surface area contributed by atoms with Crippen LogP contribution in [0, 0.1) is 5.92 Å². The highest BCUT2D eigenvalue weighted by Gasteiger charge is 2.43. The molecule has 2 aliphatic rings. The molecule has 1 aromatic rings. The van der Waals surface area contributed by atoms with E-state index in [0.717, 1.165) is 31.3 Å². The normalized spacial score (nSPS) is 21.7. The molecule has 2 unspecified atom stereocenters. The van der Waals surface area contributed by atoms with Gasteiger partial charge in [-0.2, -0.15) is 4.31 Å². The Labute approximate surface area is 201 Å². The second-order valence-corrected chi connectivity index (χ2v) is 10.7. The van der Waals surface area contributed by atoms with Crippen molar-refractivity contribution in [1.29, 1.82) is 0 Å². The molecule has 2 N–H and O–H groups in total. The van der Waals surface area contributed by atoms with Crippen LogP contribution in [0.25, 0.3) is 0 Å². The van der Waals surface area contributed by atoms with Crippen molar-refractivity contribution >= 4 is 21.9 Å². The maximum atomic E-state index is 13.7. The highest BCUT2D eigenvalue weighted by Crippen LogP contribution is 2.39. The van der Waals surface area contributed by atoms with Crippen LogP contribution < -0.4 is 14.8 Å². The lowest BCUT2D eigenvalue weighted by Crippen LogP contribution is -2.56. The van der Waals surface area contributed by atoms with Gasteiger partial charge in [-0.25, -0.2) is 13.2 Å². The van der Waals surface area contributed by atoms with Gasteiger partial charge in [0.15, 0.2) is 11.5 Å². The van der Waals surface area contributed by atoms with E-state index < -0.39 is 34.0 Å². The number of amides is 1. The number of nitrogens with zero attached hydrogens (tertiary/aromatic N) is 1. The number of allylic oxidation sites excluding steroid dienone is 1. The van der Waals surface area contributed by atoms with Gasteiger partial charge in [0.25, 0.3) is 0 Å². The molecule has 188 valence electrons. The molecular formula is C24H34N2O7S. The maximum Gasteiger partial charge on any atom is 0.326 e. The predicted molar refractivity (Wildman–Crippen MR) is 126 cm³/mol. The first kappa shape index (κ1) is 26.0. The van der Waals surface area contributed by atoms with Gasteiger partial charge in [-0.15, -0.1) is 0 Å². The highest BCUT2D eigenvalue weighted by atomic mass is 32.2. The Hall–Kier alpha value is -2.59. The second kappa shape index (κ2) is 11.2. The second-order valence-electron chi connectivity index (χ2n) is 8.77. The molecule has 1 aliphatic heterocycles. The van der Waals surface area contributed by atoms with Gasteiger partial charge in [0.05, 0.1) is 19.1 Å². The van der Waals surface area contributed by atoms with E-state index in [9.17, 15) is 23.1 Å². The zero-order valence-electron chi connectivity index (χ0n) is 20.0. The number of carboxylic acids is 1. The third-order valence-electron chi connectivity index (χ3n) is 6.61. The average Bonchev–Trinajstić information content (AvgIpc) is 2.84. The van der Waals surface area contributed by atoms with Gasteiger partial charge in [0.2, 0.25) is 15.9 Å². The van der Waals surface area contributed by atoms with Crippen molar-refractivity contribution in [3.63, 3.8) is 0 Å². The summed E-state index contributed by atoms with van der Waals surface area (Å²) in [6, 6.07) is 2.27. The number of ether oxygens (including phenoxy) is 2. The van der Waals surface area contributed by atoms with E-state index in [1.807, 2.05) is 6.92 Å². The number of carbonyl (C=O) groups is 2. The van der Waals surface area contributed by atoms with E-state index in [-0.39, 0.29) is 23.1 Å². The first-order chi connectivity index (χ1) is 16.2. The number of aliphatic carboxylic acids is 1.